The average Bonchev–Trinajstić information content (AvgIpc) is 3.51. The highest BCUT2D eigenvalue weighted by Crippen LogP contribution is 2.38. The van der Waals surface area contributed by atoms with Crippen LogP contribution in [0.2, 0.25) is 0 Å². The molecule has 8 nitrogen and oxygen atoms in total. The third kappa shape index (κ3) is 4.75. The summed E-state index contributed by atoms with van der Waals surface area (Å²) in [5.74, 6) is 2.38. The molecule has 0 spiro atoms. The number of carbonyl (C=O) groups is 1. The quantitative estimate of drug-likeness (QED) is 0.497. The number of thiazole rings is 1. The van der Waals surface area contributed by atoms with Crippen LogP contribution < -0.4 is 9.47 Å². The Hall–Kier alpha value is -2.59. The molecule has 0 bridgehead atoms. The van der Waals surface area contributed by atoms with Crippen molar-refractivity contribution in [3.63, 3.8) is 0 Å². The number of nitrogens with zero attached hydrogens (tertiary/aromatic N) is 4. The van der Waals surface area contributed by atoms with E-state index in [-0.39, 0.29) is 17.7 Å². The maximum Gasteiger partial charge on any atom is 0.277 e. The lowest BCUT2D eigenvalue weighted by Gasteiger charge is -2.25. The zero-order chi connectivity index (χ0) is 21.9. The van der Waals surface area contributed by atoms with Gasteiger partial charge in [0.2, 0.25) is 11.8 Å². The predicted molar refractivity (Wildman–Crippen MR) is 120 cm³/mol. The topological polar surface area (TPSA) is 90.6 Å². The predicted octanol–water partition coefficient (Wildman–Crippen LogP) is 4.04. The molecule has 5 rings (SSSR count). The van der Waals surface area contributed by atoms with E-state index in [9.17, 15) is 4.79 Å². The molecule has 1 saturated heterocycles. The molecule has 0 aliphatic carbocycles. The van der Waals surface area contributed by atoms with E-state index < -0.39 is 0 Å². The molecule has 0 saturated carbocycles. The van der Waals surface area contributed by atoms with Gasteiger partial charge >= 0.3 is 0 Å². The smallest absolute Gasteiger partial charge is 0.277 e. The summed E-state index contributed by atoms with van der Waals surface area (Å²) in [4.78, 5) is 19.4. The minimum absolute atomic E-state index is 0.0476. The molecule has 168 valence electrons. The van der Waals surface area contributed by atoms with Crippen molar-refractivity contribution in [2.75, 3.05) is 25.5 Å². The summed E-state index contributed by atoms with van der Waals surface area (Å²) in [7, 11) is 0. The first kappa shape index (κ1) is 21.3. The Balaban J connectivity index is 1.20. The van der Waals surface area contributed by atoms with Crippen molar-refractivity contribution in [2.24, 2.45) is 0 Å². The van der Waals surface area contributed by atoms with Gasteiger partial charge in [-0.2, -0.15) is 0 Å². The number of likely N-dealkylation sites (tertiary alicyclic amines) is 1. The van der Waals surface area contributed by atoms with Crippen molar-refractivity contribution >= 4 is 29.0 Å². The normalized spacial score (nSPS) is 18.0. The van der Waals surface area contributed by atoms with Crippen LogP contribution in [0.25, 0.3) is 0 Å². The van der Waals surface area contributed by atoms with Crippen LogP contribution in [0.4, 0.5) is 0 Å². The van der Waals surface area contributed by atoms with Crippen LogP contribution in [0.1, 0.15) is 47.5 Å². The van der Waals surface area contributed by atoms with E-state index >= 15 is 0 Å². The summed E-state index contributed by atoms with van der Waals surface area (Å²) in [5, 5.41) is 11.6. The molecule has 2 aliphatic heterocycles. The molecule has 2 aliphatic rings. The zero-order valence-corrected chi connectivity index (χ0v) is 19.4. The molecule has 4 heterocycles. The minimum atomic E-state index is 0.0476. The van der Waals surface area contributed by atoms with Gasteiger partial charge in [-0.25, -0.2) is 4.98 Å². The Morgan fingerprint density at radius 1 is 1.22 bits per heavy atom. The molecule has 32 heavy (non-hydrogen) atoms. The number of hydrogen-bond donors (Lipinski definition) is 0. The number of hydrogen-bond acceptors (Lipinski definition) is 9. The molecule has 1 aromatic carbocycles. The lowest BCUT2D eigenvalue weighted by Crippen LogP contribution is -2.32. The highest BCUT2D eigenvalue weighted by molar-refractivity contribution is 7.99. The lowest BCUT2D eigenvalue weighted by molar-refractivity contribution is -0.129. The number of thioether (sulfide) groups is 1. The minimum Gasteiger partial charge on any atom is -0.490 e. The zero-order valence-electron chi connectivity index (χ0n) is 17.8. The molecule has 1 amide bonds. The van der Waals surface area contributed by atoms with Gasteiger partial charge in [-0.1, -0.05) is 17.8 Å². The number of rotatable bonds is 6. The Morgan fingerprint density at radius 3 is 2.94 bits per heavy atom. The SMILES string of the molecule is Cc1nc(Cc2nnc(SCC(=O)N3CCCC3c3ccc4c(c3)OCCCO4)o2)cs1. The van der Waals surface area contributed by atoms with E-state index in [1.165, 1.54) is 11.8 Å². The number of aromatic nitrogens is 3. The number of carbonyl (C=O) groups excluding carboxylic acids is 1. The van der Waals surface area contributed by atoms with E-state index in [0.29, 0.717) is 30.7 Å². The Bertz CT molecular complexity index is 1100. The van der Waals surface area contributed by atoms with Gasteiger partial charge in [0.25, 0.3) is 5.22 Å². The van der Waals surface area contributed by atoms with E-state index in [0.717, 1.165) is 53.6 Å². The Labute approximate surface area is 194 Å². The van der Waals surface area contributed by atoms with Gasteiger partial charge < -0.3 is 18.8 Å². The number of benzene rings is 1. The van der Waals surface area contributed by atoms with Gasteiger partial charge in [0.15, 0.2) is 11.5 Å². The summed E-state index contributed by atoms with van der Waals surface area (Å²) < 4.78 is 17.3. The first-order chi connectivity index (χ1) is 15.7. The molecular weight excluding hydrogens is 448 g/mol. The van der Waals surface area contributed by atoms with Crippen LogP contribution in [-0.4, -0.2) is 51.5 Å². The second-order valence-corrected chi connectivity index (χ2v) is 9.78. The summed E-state index contributed by atoms with van der Waals surface area (Å²) in [6.07, 6.45) is 3.29. The fraction of sp³-hybridized carbons (Fsp3) is 0.455. The van der Waals surface area contributed by atoms with E-state index in [2.05, 4.69) is 15.2 Å². The fourth-order valence-electron chi connectivity index (χ4n) is 4.02. The molecule has 1 unspecified atom stereocenters. The third-order valence-electron chi connectivity index (χ3n) is 5.50. The second-order valence-electron chi connectivity index (χ2n) is 7.79. The van der Waals surface area contributed by atoms with Crippen LogP contribution in [0.15, 0.2) is 33.2 Å². The summed E-state index contributed by atoms with van der Waals surface area (Å²) >= 11 is 2.88. The van der Waals surface area contributed by atoms with Crippen molar-refractivity contribution in [1.29, 1.82) is 0 Å². The van der Waals surface area contributed by atoms with Gasteiger partial charge in [-0.15, -0.1) is 21.5 Å². The molecular formula is C22H24N4O4S2. The van der Waals surface area contributed by atoms with Gasteiger partial charge in [-0.05, 0) is 37.5 Å². The number of amides is 1. The van der Waals surface area contributed by atoms with Crippen LogP contribution in [-0.2, 0) is 11.2 Å². The van der Waals surface area contributed by atoms with Crippen molar-refractivity contribution in [3.05, 3.63) is 45.7 Å². The Kier molecular flexibility index (Phi) is 6.31. The van der Waals surface area contributed by atoms with Crippen LogP contribution in [0, 0.1) is 6.92 Å². The monoisotopic (exact) mass is 472 g/mol. The van der Waals surface area contributed by atoms with Gasteiger partial charge in [-0.3, -0.25) is 4.79 Å². The fourth-order valence-corrected chi connectivity index (χ4v) is 5.30. The maximum absolute atomic E-state index is 13.0. The van der Waals surface area contributed by atoms with Crippen molar-refractivity contribution in [1.82, 2.24) is 20.1 Å². The average molecular weight is 473 g/mol. The Morgan fingerprint density at radius 2 is 2.09 bits per heavy atom. The third-order valence-corrected chi connectivity index (χ3v) is 7.12. The van der Waals surface area contributed by atoms with E-state index in [1.54, 1.807) is 11.3 Å². The number of aryl methyl sites for hydroxylation is 1. The molecule has 2 aromatic heterocycles. The standard InChI is InChI=1S/C22H24N4O4S2/c1-14-23-16(12-31-14)11-20-24-25-22(30-20)32-13-21(27)26-7-2-4-17(26)15-5-6-18-19(10-15)29-9-3-8-28-18/h5-6,10,12,17H,2-4,7-9,11,13H2,1H3. The molecule has 1 fully saturated rings. The lowest BCUT2D eigenvalue weighted by atomic mass is 10.0. The van der Waals surface area contributed by atoms with Gasteiger partial charge in [0, 0.05) is 18.3 Å². The second kappa shape index (κ2) is 9.50. The number of ether oxygens (including phenoxy) is 2. The summed E-state index contributed by atoms with van der Waals surface area (Å²) in [5.41, 5.74) is 2.00. The summed E-state index contributed by atoms with van der Waals surface area (Å²) in [6, 6.07) is 6.07. The first-order valence-corrected chi connectivity index (χ1v) is 12.6. The van der Waals surface area contributed by atoms with Gasteiger partial charge in [0.05, 0.1) is 42.1 Å². The van der Waals surface area contributed by atoms with E-state index in [4.69, 9.17) is 13.9 Å². The van der Waals surface area contributed by atoms with Crippen molar-refractivity contribution < 1.29 is 18.7 Å². The van der Waals surface area contributed by atoms with Crippen LogP contribution in [0.3, 0.4) is 0 Å². The number of fused-ring (bicyclic) bond motifs is 1. The van der Waals surface area contributed by atoms with Crippen LogP contribution in [0.5, 0.6) is 11.5 Å². The molecule has 10 heteroatoms. The van der Waals surface area contributed by atoms with Crippen LogP contribution >= 0.6 is 23.1 Å². The largest absolute Gasteiger partial charge is 0.490 e. The van der Waals surface area contributed by atoms with Gasteiger partial charge in [0.1, 0.15) is 0 Å². The van der Waals surface area contributed by atoms with Crippen molar-refractivity contribution in [3.8, 4) is 11.5 Å². The molecule has 1 atom stereocenters. The molecule has 0 N–H and O–H groups in total. The van der Waals surface area contributed by atoms with Crippen molar-refractivity contribution in [2.45, 2.75) is 43.9 Å². The molecule has 0 radical (unpaired) electrons. The highest BCUT2D eigenvalue weighted by atomic mass is 32.2. The highest BCUT2D eigenvalue weighted by Gasteiger charge is 2.31. The summed E-state index contributed by atoms with van der Waals surface area (Å²) in [6.45, 7) is 4.02. The molecule has 3 aromatic rings. The van der Waals surface area contributed by atoms with E-state index in [1.807, 2.05) is 35.4 Å². The maximum atomic E-state index is 13.0. The first-order valence-electron chi connectivity index (χ1n) is 10.7.